The quantitative estimate of drug-likeness (QED) is 0.705. The van der Waals surface area contributed by atoms with E-state index in [0.717, 1.165) is 12.3 Å². The van der Waals surface area contributed by atoms with Gasteiger partial charge >= 0.3 is 5.97 Å². The third-order valence-corrected chi connectivity index (χ3v) is 4.43. The summed E-state index contributed by atoms with van der Waals surface area (Å²) in [6, 6.07) is 9.38. The Hall–Kier alpha value is -1.08. The number of rotatable bonds is 7. The maximum Gasteiger partial charge on any atom is 0.349 e. The molecule has 1 rings (SSSR count). The number of para-hydroxylation sites is 1. The Kier molecular flexibility index (Phi) is 6.74. The fourth-order valence-electron chi connectivity index (χ4n) is 1.50. The standard InChI is InChI=1S/C14H21O3P/c1-4-13(14(15)17-18(5-2)6-3)16-12-10-8-7-9-11-12/h7-11,13H,4-6H2,1-3H3. The van der Waals surface area contributed by atoms with Crippen molar-refractivity contribution in [2.45, 2.75) is 33.3 Å². The topological polar surface area (TPSA) is 35.5 Å². The molecule has 1 atom stereocenters. The Morgan fingerprint density at radius 1 is 1.17 bits per heavy atom. The molecule has 1 unspecified atom stereocenters. The van der Waals surface area contributed by atoms with Gasteiger partial charge in [0.25, 0.3) is 0 Å². The zero-order chi connectivity index (χ0) is 13.4. The van der Waals surface area contributed by atoms with Gasteiger partial charge < -0.3 is 9.26 Å². The molecule has 0 radical (unpaired) electrons. The number of carbonyl (C=O) groups is 1. The lowest BCUT2D eigenvalue weighted by Crippen LogP contribution is -2.27. The first-order valence-corrected chi connectivity index (χ1v) is 8.02. The summed E-state index contributed by atoms with van der Waals surface area (Å²) in [5.41, 5.74) is 0. The first kappa shape index (κ1) is 15.0. The Balaban J connectivity index is 2.58. The molecule has 100 valence electrons. The van der Waals surface area contributed by atoms with Crippen LogP contribution in [0.3, 0.4) is 0 Å². The molecule has 4 heteroatoms. The van der Waals surface area contributed by atoms with Gasteiger partial charge in [0.1, 0.15) is 5.75 Å². The minimum Gasteiger partial charge on any atom is -0.479 e. The number of benzene rings is 1. The van der Waals surface area contributed by atoms with Gasteiger partial charge in [0.15, 0.2) is 6.10 Å². The molecule has 0 saturated heterocycles. The summed E-state index contributed by atoms with van der Waals surface area (Å²) >= 11 is 0. The van der Waals surface area contributed by atoms with Crippen LogP contribution in [0.25, 0.3) is 0 Å². The molecule has 1 aromatic carbocycles. The molecular formula is C14H21O3P. The highest BCUT2D eigenvalue weighted by Crippen LogP contribution is 2.36. The van der Waals surface area contributed by atoms with E-state index in [0.29, 0.717) is 12.2 Å². The van der Waals surface area contributed by atoms with E-state index in [1.165, 1.54) is 0 Å². The molecule has 1 aromatic rings. The minimum atomic E-state index is -0.638. The Bertz CT molecular complexity index is 349. The molecule has 0 amide bonds. The van der Waals surface area contributed by atoms with E-state index in [4.69, 9.17) is 9.26 Å². The number of hydrogen-bond donors (Lipinski definition) is 0. The molecule has 0 heterocycles. The average molecular weight is 268 g/mol. The third kappa shape index (κ3) is 4.66. The summed E-state index contributed by atoms with van der Waals surface area (Å²) in [4.78, 5) is 12.0. The van der Waals surface area contributed by atoms with Crippen LogP contribution in [0.4, 0.5) is 0 Å². The number of ether oxygens (including phenoxy) is 1. The molecule has 0 aliphatic carbocycles. The molecule has 0 fully saturated rings. The van der Waals surface area contributed by atoms with E-state index in [9.17, 15) is 4.79 Å². The van der Waals surface area contributed by atoms with Gasteiger partial charge in [0.05, 0.1) is 8.15 Å². The van der Waals surface area contributed by atoms with Gasteiger partial charge in [0, 0.05) is 12.3 Å². The lowest BCUT2D eigenvalue weighted by molar-refractivity contribution is -0.141. The van der Waals surface area contributed by atoms with Gasteiger partial charge in [-0.3, -0.25) is 0 Å². The Labute approximate surface area is 110 Å². The SMILES string of the molecule is CCC(Oc1ccccc1)C(=O)OP(CC)CC. The van der Waals surface area contributed by atoms with Crippen molar-refractivity contribution in [1.82, 2.24) is 0 Å². The fraction of sp³-hybridized carbons (Fsp3) is 0.500. The van der Waals surface area contributed by atoms with Crippen molar-refractivity contribution in [3.63, 3.8) is 0 Å². The van der Waals surface area contributed by atoms with Gasteiger partial charge in [-0.25, -0.2) is 4.79 Å². The average Bonchev–Trinajstić information content (AvgIpc) is 2.43. The van der Waals surface area contributed by atoms with E-state index in [1.807, 2.05) is 51.1 Å². The second-order valence-corrected chi connectivity index (χ2v) is 6.26. The van der Waals surface area contributed by atoms with Crippen LogP contribution in [0.15, 0.2) is 30.3 Å². The van der Waals surface area contributed by atoms with Crippen LogP contribution in [-0.2, 0) is 9.32 Å². The Morgan fingerprint density at radius 3 is 2.28 bits per heavy atom. The Morgan fingerprint density at radius 2 is 1.78 bits per heavy atom. The minimum absolute atomic E-state index is 0.240. The van der Waals surface area contributed by atoms with E-state index < -0.39 is 14.3 Å². The highest BCUT2D eigenvalue weighted by molar-refractivity contribution is 7.53. The summed E-state index contributed by atoms with van der Waals surface area (Å²) in [6.45, 7) is 6.01. The summed E-state index contributed by atoms with van der Waals surface area (Å²) in [7, 11) is -0.638. The monoisotopic (exact) mass is 268 g/mol. The van der Waals surface area contributed by atoms with Crippen molar-refractivity contribution in [1.29, 1.82) is 0 Å². The van der Waals surface area contributed by atoms with E-state index >= 15 is 0 Å². The van der Waals surface area contributed by atoms with Crippen molar-refractivity contribution in [2.24, 2.45) is 0 Å². The lowest BCUT2D eigenvalue weighted by Gasteiger charge is -2.20. The van der Waals surface area contributed by atoms with Gasteiger partial charge in [-0.05, 0) is 18.6 Å². The van der Waals surface area contributed by atoms with Gasteiger partial charge in [-0.15, -0.1) is 0 Å². The predicted octanol–water partition coefficient (Wildman–Crippen LogP) is 3.82. The molecule has 0 aliphatic heterocycles. The highest BCUT2D eigenvalue weighted by atomic mass is 31.1. The third-order valence-electron chi connectivity index (χ3n) is 2.58. The van der Waals surface area contributed by atoms with Gasteiger partial charge in [-0.1, -0.05) is 39.0 Å². The van der Waals surface area contributed by atoms with E-state index in [2.05, 4.69) is 0 Å². The molecule has 0 bridgehead atoms. The maximum absolute atomic E-state index is 12.0. The van der Waals surface area contributed by atoms with Crippen LogP contribution in [-0.4, -0.2) is 24.4 Å². The van der Waals surface area contributed by atoms with Crippen molar-refractivity contribution in [2.75, 3.05) is 12.3 Å². The molecule has 0 N–H and O–H groups in total. The molecule has 18 heavy (non-hydrogen) atoms. The van der Waals surface area contributed by atoms with Crippen LogP contribution in [0, 0.1) is 0 Å². The summed E-state index contributed by atoms with van der Waals surface area (Å²) in [5.74, 6) is 0.467. The van der Waals surface area contributed by atoms with Crippen LogP contribution < -0.4 is 4.74 Å². The second kappa shape index (κ2) is 8.10. The maximum atomic E-state index is 12.0. The smallest absolute Gasteiger partial charge is 0.349 e. The predicted molar refractivity (Wildman–Crippen MR) is 75.2 cm³/mol. The highest BCUT2D eigenvalue weighted by Gasteiger charge is 2.22. The van der Waals surface area contributed by atoms with Crippen molar-refractivity contribution in [3.05, 3.63) is 30.3 Å². The zero-order valence-corrected chi connectivity index (χ0v) is 12.2. The fourth-order valence-corrected chi connectivity index (χ4v) is 2.58. The molecular weight excluding hydrogens is 247 g/mol. The van der Waals surface area contributed by atoms with Crippen LogP contribution >= 0.6 is 8.15 Å². The first-order chi connectivity index (χ1) is 8.71. The van der Waals surface area contributed by atoms with Crippen molar-refractivity contribution < 1.29 is 14.1 Å². The van der Waals surface area contributed by atoms with E-state index in [-0.39, 0.29) is 5.97 Å². The van der Waals surface area contributed by atoms with E-state index in [1.54, 1.807) is 0 Å². The zero-order valence-electron chi connectivity index (χ0n) is 11.3. The van der Waals surface area contributed by atoms with Crippen LogP contribution in [0.2, 0.25) is 0 Å². The van der Waals surface area contributed by atoms with Crippen LogP contribution in [0.5, 0.6) is 5.75 Å². The largest absolute Gasteiger partial charge is 0.479 e. The summed E-state index contributed by atoms with van der Waals surface area (Å²) in [6.07, 6.45) is 1.92. The second-order valence-electron chi connectivity index (χ2n) is 3.85. The van der Waals surface area contributed by atoms with Gasteiger partial charge in [-0.2, -0.15) is 0 Å². The molecule has 0 saturated carbocycles. The van der Waals surface area contributed by atoms with Gasteiger partial charge in [0.2, 0.25) is 0 Å². The molecule has 0 aliphatic rings. The van der Waals surface area contributed by atoms with Crippen molar-refractivity contribution >= 4 is 14.1 Å². The molecule has 0 spiro atoms. The molecule has 0 aromatic heterocycles. The van der Waals surface area contributed by atoms with Crippen LogP contribution in [0.1, 0.15) is 27.2 Å². The first-order valence-electron chi connectivity index (χ1n) is 6.39. The summed E-state index contributed by atoms with van der Waals surface area (Å²) in [5, 5.41) is 0. The van der Waals surface area contributed by atoms with Crippen molar-refractivity contribution in [3.8, 4) is 5.75 Å². The number of carbonyl (C=O) groups excluding carboxylic acids is 1. The lowest BCUT2D eigenvalue weighted by atomic mass is 10.3. The number of hydrogen-bond acceptors (Lipinski definition) is 3. The molecule has 3 nitrogen and oxygen atoms in total. The summed E-state index contributed by atoms with van der Waals surface area (Å²) < 4.78 is 11.1. The normalized spacial score (nSPS) is 12.2.